The summed E-state index contributed by atoms with van der Waals surface area (Å²) >= 11 is 0. The molecule has 2 aromatic carbocycles. The summed E-state index contributed by atoms with van der Waals surface area (Å²) < 4.78 is 80.4. The molecule has 1 unspecified atom stereocenters. The van der Waals surface area contributed by atoms with Crippen molar-refractivity contribution in [2.45, 2.75) is 37.5 Å². The molecule has 0 aliphatic carbocycles. The van der Waals surface area contributed by atoms with Gasteiger partial charge in [-0.1, -0.05) is 0 Å². The smallest absolute Gasteiger partial charge is 0.200 e. The van der Waals surface area contributed by atoms with Crippen LogP contribution in [0.3, 0.4) is 0 Å². The van der Waals surface area contributed by atoms with Gasteiger partial charge >= 0.3 is 0 Å². The van der Waals surface area contributed by atoms with Crippen molar-refractivity contribution in [2.24, 2.45) is 0 Å². The standard InChI is InChI=1S/C16H13F5O2S/c1-5-7(3)15(8(4)6(2)14(5)22)24(23)16-12(20)10(18)9(17)11(19)13(16)21/h22H,1-4H3. The molecule has 0 heterocycles. The molecule has 0 radical (unpaired) electrons. The number of hydrogen-bond donors (Lipinski definition) is 1. The van der Waals surface area contributed by atoms with Gasteiger partial charge in [-0.2, -0.15) is 0 Å². The molecule has 0 amide bonds. The lowest BCUT2D eigenvalue weighted by Crippen LogP contribution is -2.11. The van der Waals surface area contributed by atoms with Crippen LogP contribution in [0.5, 0.6) is 5.75 Å². The van der Waals surface area contributed by atoms with Crippen molar-refractivity contribution in [2.75, 3.05) is 0 Å². The minimum atomic E-state index is -2.66. The normalized spacial score (nSPS) is 12.5. The first-order valence-electron chi connectivity index (χ1n) is 6.74. The van der Waals surface area contributed by atoms with Crippen LogP contribution in [0, 0.1) is 56.8 Å². The lowest BCUT2D eigenvalue weighted by Gasteiger charge is -2.17. The van der Waals surface area contributed by atoms with Crippen LogP contribution in [-0.4, -0.2) is 9.32 Å². The summed E-state index contributed by atoms with van der Waals surface area (Å²) in [4.78, 5) is -1.49. The van der Waals surface area contributed by atoms with Gasteiger partial charge in [0.05, 0.1) is 15.7 Å². The number of hydrogen-bond acceptors (Lipinski definition) is 2. The SMILES string of the molecule is Cc1c(C)c(S(=O)c2c(F)c(F)c(F)c(F)c2F)c(C)c(C)c1O. The Morgan fingerprint density at radius 2 is 0.958 bits per heavy atom. The summed E-state index contributed by atoms with van der Waals surface area (Å²) in [7, 11) is -2.66. The van der Waals surface area contributed by atoms with Gasteiger partial charge in [-0.3, -0.25) is 0 Å². The number of rotatable bonds is 2. The molecule has 8 heteroatoms. The Bertz CT molecular complexity index is 764. The van der Waals surface area contributed by atoms with Gasteiger partial charge in [-0.15, -0.1) is 0 Å². The lowest BCUT2D eigenvalue weighted by molar-refractivity contribution is 0.359. The van der Waals surface area contributed by atoms with Crippen molar-refractivity contribution >= 4 is 10.8 Å². The van der Waals surface area contributed by atoms with E-state index in [4.69, 9.17) is 0 Å². The van der Waals surface area contributed by atoms with Gasteiger partial charge in [0, 0.05) is 0 Å². The van der Waals surface area contributed by atoms with Gasteiger partial charge in [0.1, 0.15) is 10.6 Å². The first kappa shape index (κ1) is 18.4. The van der Waals surface area contributed by atoms with Gasteiger partial charge in [-0.25, -0.2) is 26.2 Å². The maximum atomic E-state index is 13.9. The minimum absolute atomic E-state index is 0.0804. The fraction of sp³-hybridized carbons (Fsp3) is 0.250. The number of halogens is 5. The van der Waals surface area contributed by atoms with E-state index in [9.17, 15) is 31.3 Å². The summed E-state index contributed by atoms with van der Waals surface area (Å²) in [5.74, 6) is -11.0. The summed E-state index contributed by atoms with van der Waals surface area (Å²) in [5.41, 5.74) is 1.12. The van der Waals surface area contributed by atoms with E-state index in [1.54, 1.807) is 0 Å². The third-order valence-electron chi connectivity index (χ3n) is 4.06. The molecule has 0 spiro atoms. The minimum Gasteiger partial charge on any atom is -0.507 e. The molecule has 0 aliphatic rings. The summed E-state index contributed by atoms with van der Waals surface area (Å²) in [6, 6.07) is 0. The second-order valence-corrected chi connectivity index (χ2v) is 6.70. The highest BCUT2D eigenvalue weighted by molar-refractivity contribution is 7.85. The average molecular weight is 364 g/mol. The van der Waals surface area contributed by atoms with E-state index in [1.165, 1.54) is 27.7 Å². The van der Waals surface area contributed by atoms with Crippen LogP contribution in [0.2, 0.25) is 0 Å². The summed E-state index contributed by atoms with van der Waals surface area (Å²) in [6.07, 6.45) is 0. The highest BCUT2D eigenvalue weighted by atomic mass is 32.2. The Labute approximate surface area is 137 Å². The largest absolute Gasteiger partial charge is 0.507 e. The van der Waals surface area contributed by atoms with Crippen LogP contribution in [0.25, 0.3) is 0 Å². The van der Waals surface area contributed by atoms with E-state index in [1.807, 2.05) is 0 Å². The molecule has 0 bridgehead atoms. The molecule has 130 valence electrons. The van der Waals surface area contributed by atoms with E-state index in [2.05, 4.69) is 0 Å². The first-order valence-corrected chi connectivity index (χ1v) is 7.89. The fourth-order valence-corrected chi connectivity index (χ4v) is 3.96. The quantitative estimate of drug-likeness (QED) is 0.484. The maximum Gasteiger partial charge on any atom is 0.200 e. The molecule has 0 aromatic heterocycles. The molecule has 0 saturated heterocycles. The Balaban J connectivity index is 2.87. The van der Waals surface area contributed by atoms with Gasteiger partial charge in [0.2, 0.25) is 5.82 Å². The van der Waals surface area contributed by atoms with Crippen molar-refractivity contribution < 1.29 is 31.3 Å². The second kappa shape index (κ2) is 6.16. The third-order valence-corrected chi connectivity index (χ3v) is 5.77. The monoisotopic (exact) mass is 364 g/mol. The zero-order valence-electron chi connectivity index (χ0n) is 13.2. The molecule has 0 saturated carbocycles. The van der Waals surface area contributed by atoms with E-state index in [0.717, 1.165) is 0 Å². The Hall–Kier alpha value is -1.96. The Morgan fingerprint density at radius 1 is 0.625 bits per heavy atom. The predicted octanol–water partition coefficient (Wildman–Crippen LogP) is 4.49. The number of benzene rings is 2. The second-order valence-electron chi connectivity index (χ2n) is 5.35. The Morgan fingerprint density at radius 3 is 1.33 bits per heavy atom. The van der Waals surface area contributed by atoms with E-state index in [0.29, 0.717) is 11.1 Å². The Kier molecular flexibility index (Phi) is 4.72. The van der Waals surface area contributed by atoms with Crippen LogP contribution in [0.15, 0.2) is 9.79 Å². The first-order chi connectivity index (χ1) is 11.0. The van der Waals surface area contributed by atoms with Crippen molar-refractivity contribution in [3.8, 4) is 5.75 Å². The van der Waals surface area contributed by atoms with E-state index in [-0.39, 0.29) is 21.8 Å². The number of phenolic OH excluding ortho intramolecular Hbond substituents is 1. The van der Waals surface area contributed by atoms with Crippen LogP contribution in [0.4, 0.5) is 22.0 Å². The number of phenols is 1. The van der Waals surface area contributed by atoms with E-state index < -0.39 is 44.8 Å². The predicted molar refractivity (Wildman–Crippen MR) is 78.0 cm³/mol. The highest BCUT2D eigenvalue weighted by Crippen LogP contribution is 2.37. The zero-order valence-corrected chi connectivity index (χ0v) is 14.0. The van der Waals surface area contributed by atoms with Crippen molar-refractivity contribution in [3.63, 3.8) is 0 Å². The van der Waals surface area contributed by atoms with Crippen LogP contribution >= 0.6 is 0 Å². The van der Waals surface area contributed by atoms with Gasteiger partial charge in [0.15, 0.2) is 23.3 Å². The number of aromatic hydroxyl groups is 1. The molecule has 0 aliphatic heterocycles. The van der Waals surface area contributed by atoms with Crippen LogP contribution in [-0.2, 0) is 10.8 Å². The van der Waals surface area contributed by atoms with Gasteiger partial charge < -0.3 is 5.11 Å². The highest BCUT2D eigenvalue weighted by Gasteiger charge is 2.31. The summed E-state index contributed by atoms with van der Waals surface area (Å²) in [5, 5.41) is 9.96. The van der Waals surface area contributed by atoms with Crippen molar-refractivity contribution in [1.82, 2.24) is 0 Å². The topological polar surface area (TPSA) is 37.3 Å². The average Bonchev–Trinajstić information content (AvgIpc) is 2.55. The maximum absolute atomic E-state index is 13.9. The van der Waals surface area contributed by atoms with Crippen molar-refractivity contribution in [3.05, 3.63) is 51.3 Å². The molecule has 2 rings (SSSR count). The van der Waals surface area contributed by atoms with E-state index >= 15 is 0 Å². The van der Waals surface area contributed by atoms with Crippen LogP contribution in [0.1, 0.15) is 22.3 Å². The lowest BCUT2D eigenvalue weighted by atomic mass is 10.00. The fourth-order valence-electron chi connectivity index (χ4n) is 2.39. The van der Waals surface area contributed by atoms with Crippen LogP contribution < -0.4 is 0 Å². The van der Waals surface area contributed by atoms with Gasteiger partial charge in [0.25, 0.3) is 0 Å². The molecule has 2 nitrogen and oxygen atoms in total. The molecule has 1 atom stereocenters. The molecule has 1 N–H and O–H groups in total. The van der Waals surface area contributed by atoms with Gasteiger partial charge in [-0.05, 0) is 49.9 Å². The summed E-state index contributed by atoms with van der Waals surface area (Å²) in [6.45, 7) is 5.88. The molecular formula is C16H13F5O2S. The zero-order chi connectivity index (χ0) is 18.5. The third kappa shape index (κ3) is 2.49. The molecule has 0 fully saturated rings. The molecular weight excluding hydrogens is 351 g/mol. The molecule has 2 aromatic rings. The van der Waals surface area contributed by atoms with Crippen molar-refractivity contribution in [1.29, 1.82) is 0 Å². The molecule has 24 heavy (non-hydrogen) atoms.